The largest absolute Gasteiger partial charge is 0.385 e. The first-order chi connectivity index (χ1) is 6.21. The third-order valence-electron chi connectivity index (χ3n) is 3.12. The van der Waals surface area contributed by atoms with Gasteiger partial charge >= 0.3 is 0 Å². The topological polar surface area (TPSA) is 20.2 Å². The van der Waals surface area contributed by atoms with Crippen LogP contribution in [0.25, 0.3) is 0 Å². The van der Waals surface area contributed by atoms with Gasteiger partial charge in [-0.1, -0.05) is 13.0 Å². The molecular weight excluding hydrogens is 180 g/mol. The highest BCUT2D eigenvalue weighted by atomic mass is 32.2. The highest BCUT2D eigenvalue weighted by molar-refractivity contribution is 8.00. The molecule has 1 saturated heterocycles. The molecule has 0 amide bonds. The van der Waals surface area contributed by atoms with E-state index in [1.807, 2.05) is 11.8 Å². The van der Waals surface area contributed by atoms with Crippen LogP contribution >= 0.6 is 11.8 Å². The fourth-order valence-electron chi connectivity index (χ4n) is 2.36. The van der Waals surface area contributed by atoms with Crippen molar-refractivity contribution in [3.8, 4) is 0 Å². The molecule has 1 heterocycles. The summed E-state index contributed by atoms with van der Waals surface area (Å²) in [6, 6.07) is 0. The maximum Gasteiger partial charge on any atom is 0.0957 e. The summed E-state index contributed by atoms with van der Waals surface area (Å²) < 4.78 is 0. The van der Waals surface area contributed by atoms with Crippen LogP contribution in [0.2, 0.25) is 0 Å². The molecule has 1 aliphatic heterocycles. The Morgan fingerprint density at radius 3 is 2.92 bits per heavy atom. The molecule has 0 bridgehead atoms. The summed E-state index contributed by atoms with van der Waals surface area (Å²) in [5, 5.41) is 11.0. The van der Waals surface area contributed by atoms with Crippen LogP contribution in [-0.4, -0.2) is 21.7 Å². The van der Waals surface area contributed by atoms with Crippen LogP contribution in [0.4, 0.5) is 0 Å². The Labute approximate surface area is 84.6 Å². The van der Waals surface area contributed by atoms with Gasteiger partial charge < -0.3 is 5.11 Å². The van der Waals surface area contributed by atoms with Crippen LogP contribution in [0, 0.1) is 0 Å². The summed E-state index contributed by atoms with van der Waals surface area (Å²) in [6.45, 7) is 2.21. The molecule has 74 valence electrons. The third kappa shape index (κ3) is 1.94. The van der Waals surface area contributed by atoms with Gasteiger partial charge in [0.1, 0.15) is 0 Å². The number of thioether (sulfide) groups is 1. The standard InChI is InChI=1S/C11H18OS/c1-9-7-11(12,8-13-9)10-5-3-2-4-6-10/h5,9,12H,2-4,6-8H2,1H3. The lowest BCUT2D eigenvalue weighted by Crippen LogP contribution is -2.32. The average Bonchev–Trinajstić information content (AvgIpc) is 2.49. The molecule has 2 aliphatic rings. The van der Waals surface area contributed by atoms with E-state index in [4.69, 9.17) is 0 Å². The monoisotopic (exact) mass is 198 g/mol. The second-order valence-electron chi connectivity index (χ2n) is 4.33. The quantitative estimate of drug-likeness (QED) is 0.654. The molecule has 0 aromatic carbocycles. The summed E-state index contributed by atoms with van der Waals surface area (Å²) in [7, 11) is 0. The third-order valence-corrected chi connectivity index (χ3v) is 4.50. The van der Waals surface area contributed by atoms with Crippen molar-refractivity contribution in [3.63, 3.8) is 0 Å². The minimum atomic E-state index is -0.440. The number of hydrogen-bond donors (Lipinski definition) is 1. The van der Waals surface area contributed by atoms with Crippen molar-refractivity contribution >= 4 is 11.8 Å². The van der Waals surface area contributed by atoms with Crippen molar-refractivity contribution in [2.24, 2.45) is 0 Å². The molecule has 0 aromatic rings. The minimum Gasteiger partial charge on any atom is -0.385 e. The molecule has 1 nitrogen and oxygen atoms in total. The summed E-state index contributed by atoms with van der Waals surface area (Å²) >= 11 is 1.91. The maximum atomic E-state index is 10.4. The highest BCUT2D eigenvalue weighted by Crippen LogP contribution is 2.41. The Hall–Kier alpha value is 0.0500. The molecule has 1 aliphatic carbocycles. The summed E-state index contributed by atoms with van der Waals surface area (Å²) in [5.74, 6) is 0.917. The van der Waals surface area contributed by atoms with Gasteiger partial charge in [-0.3, -0.25) is 0 Å². The van der Waals surface area contributed by atoms with Crippen LogP contribution in [-0.2, 0) is 0 Å². The Kier molecular flexibility index (Phi) is 2.70. The summed E-state index contributed by atoms with van der Waals surface area (Å²) in [5.41, 5.74) is 0.889. The van der Waals surface area contributed by atoms with Gasteiger partial charge in [-0.2, -0.15) is 11.8 Å². The van der Waals surface area contributed by atoms with E-state index in [1.165, 1.54) is 24.8 Å². The second kappa shape index (κ2) is 3.66. The van der Waals surface area contributed by atoms with Crippen molar-refractivity contribution in [2.75, 3.05) is 5.75 Å². The average molecular weight is 198 g/mol. The zero-order valence-corrected chi connectivity index (χ0v) is 9.07. The van der Waals surface area contributed by atoms with Gasteiger partial charge in [-0.25, -0.2) is 0 Å². The highest BCUT2D eigenvalue weighted by Gasteiger charge is 2.38. The van der Waals surface area contributed by atoms with Crippen LogP contribution in [0.15, 0.2) is 11.6 Å². The van der Waals surface area contributed by atoms with Gasteiger partial charge in [0.2, 0.25) is 0 Å². The predicted molar refractivity (Wildman–Crippen MR) is 58.0 cm³/mol. The Morgan fingerprint density at radius 1 is 1.54 bits per heavy atom. The van der Waals surface area contributed by atoms with Crippen molar-refractivity contribution in [3.05, 3.63) is 11.6 Å². The van der Waals surface area contributed by atoms with Gasteiger partial charge in [-0.15, -0.1) is 0 Å². The maximum absolute atomic E-state index is 10.4. The molecule has 13 heavy (non-hydrogen) atoms. The van der Waals surface area contributed by atoms with Crippen LogP contribution in [0.1, 0.15) is 39.0 Å². The molecule has 0 spiro atoms. The Bertz CT molecular complexity index is 224. The SMILES string of the molecule is CC1CC(O)(C2=CCCCC2)CS1. The smallest absolute Gasteiger partial charge is 0.0957 e. The van der Waals surface area contributed by atoms with E-state index < -0.39 is 5.60 Å². The number of aliphatic hydroxyl groups is 1. The fraction of sp³-hybridized carbons (Fsp3) is 0.818. The lowest BCUT2D eigenvalue weighted by molar-refractivity contribution is 0.0964. The van der Waals surface area contributed by atoms with Gasteiger partial charge in [0, 0.05) is 11.0 Å². The molecular formula is C11H18OS. The van der Waals surface area contributed by atoms with E-state index in [1.54, 1.807) is 0 Å². The second-order valence-corrected chi connectivity index (χ2v) is 5.76. The number of rotatable bonds is 1. The molecule has 0 saturated carbocycles. The van der Waals surface area contributed by atoms with Gasteiger partial charge in [0.05, 0.1) is 5.60 Å². The van der Waals surface area contributed by atoms with Crippen molar-refractivity contribution < 1.29 is 5.11 Å². The molecule has 2 atom stereocenters. The first-order valence-corrected chi connectivity index (χ1v) is 6.29. The predicted octanol–water partition coefficient (Wildman–Crippen LogP) is 2.74. The molecule has 2 rings (SSSR count). The summed E-state index contributed by atoms with van der Waals surface area (Å²) in [4.78, 5) is 0. The van der Waals surface area contributed by atoms with Crippen molar-refractivity contribution in [1.82, 2.24) is 0 Å². The van der Waals surface area contributed by atoms with Crippen LogP contribution in [0.3, 0.4) is 0 Å². The number of allylic oxidation sites excluding steroid dienone is 1. The van der Waals surface area contributed by atoms with Crippen LogP contribution < -0.4 is 0 Å². The molecule has 1 fully saturated rings. The fourth-order valence-corrected chi connectivity index (χ4v) is 3.62. The minimum absolute atomic E-state index is 0.440. The molecule has 2 heteroatoms. The van der Waals surface area contributed by atoms with E-state index in [0.717, 1.165) is 18.6 Å². The number of hydrogen-bond acceptors (Lipinski definition) is 2. The van der Waals surface area contributed by atoms with Gasteiger partial charge in [0.15, 0.2) is 0 Å². The van der Waals surface area contributed by atoms with E-state index in [9.17, 15) is 5.11 Å². The molecule has 2 unspecified atom stereocenters. The Balaban J connectivity index is 2.10. The van der Waals surface area contributed by atoms with E-state index >= 15 is 0 Å². The van der Waals surface area contributed by atoms with Gasteiger partial charge in [0.25, 0.3) is 0 Å². The zero-order valence-electron chi connectivity index (χ0n) is 8.25. The lowest BCUT2D eigenvalue weighted by atomic mass is 9.84. The van der Waals surface area contributed by atoms with Crippen molar-refractivity contribution in [2.45, 2.75) is 49.9 Å². The normalized spacial score (nSPS) is 40.5. The van der Waals surface area contributed by atoms with Gasteiger partial charge in [-0.05, 0) is 37.7 Å². The lowest BCUT2D eigenvalue weighted by Gasteiger charge is -2.28. The van der Waals surface area contributed by atoms with E-state index in [2.05, 4.69) is 13.0 Å². The zero-order chi connectivity index (χ0) is 9.31. The van der Waals surface area contributed by atoms with Crippen molar-refractivity contribution in [1.29, 1.82) is 0 Å². The first kappa shape index (κ1) is 9.60. The molecule has 0 radical (unpaired) electrons. The van der Waals surface area contributed by atoms with E-state index in [0.29, 0.717) is 5.25 Å². The van der Waals surface area contributed by atoms with E-state index in [-0.39, 0.29) is 0 Å². The Morgan fingerprint density at radius 2 is 2.38 bits per heavy atom. The van der Waals surface area contributed by atoms with Crippen LogP contribution in [0.5, 0.6) is 0 Å². The molecule has 0 aromatic heterocycles. The summed E-state index contributed by atoms with van der Waals surface area (Å²) in [6.07, 6.45) is 8.13. The molecule has 1 N–H and O–H groups in total. The first-order valence-electron chi connectivity index (χ1n) is 5.24.